The number of nitrogens with zero attached hydrogens (tertiary/aromatic N) is 1. The molecule has 1 nitrogen and oxygen atoms in total. The molecule has 0 amide bonds. The van der Waals surface area contributed by atoms with Gasteiger partial charge in [0.1, 0.15) is 0 Å². The zero-order valence-corrected chi connectivity index (χ0v) is 13.1. The van der Waals surface area contributed by atoms with E-state index < -0.39 is 0 Å². The number of rotatable bonds is 11. The summed E-state index contributed by atoms with van der Waals surface area (Å²) in [6.45, 7) is 5.96. The number of hydrogen-bond acceptors (Lipinski definition) is 0. The van der Waals surface area contributed by atoms with E-state index in [9.17, 15) is 0 Å². The van der Waals surface area contributed by atoms with Crippen LogP contribution >= 0.6 is 0 Å². The molecule has 0 aliphatic carbocycles. The van der Waals surface area contributed by atoms with Crippen LogP contribution in [-0.2, 0) is 0 Å². The molecular weight excluding hydrogens is 206 g/mol. The summed E-state index contributed by atoms with van der Waals surface area (Å²) in [6.07, 6.45) is 12.9. The van der Waals surface area contributed by atoms with Gasteiger partial charge >= 0.3 is 0 Å². The molecule has 0 aromatic heterocycles. The van der Waals surface area contributed by atoms with E-state index in [1.807, 2.05) is 0 Å². The van der Waals surface area contributed by atoms with Crippen molar-refractivity contribution in [2.75, 3.05) is 27.7 Å². The van der Waals surface area contributed by atoms with Gasteiger partial charge in [0.15, 0.2) is 0 Å². The Bertz CT molecular complexity index is 157. The second kappa shape index (κ2) is 9.94. The van der Waals surface area contributed by atoms with E-state index in [2.05, 4.69) is 35.0 Å². The third-order valence-electron chi connectivity index (χ3n) is 3.60. The molecule has 0 spiro atoms. The van der Waals surface area contributed by atoms with Crippen LogP contribution in [0.2, 0.25) is 0 Å². The van der Waals surface area contributed by atoms with Gasteiger partial charge in [0.05, 0.1) is 27.7 Å². The van der Waals surface area contributed by atoms with Crippen LogP contribution in [0.4, 0.5) is 0 Å². The van der Waals surface area contributed by atoms with Crippen LogP contribution in [-0.4, -0.2) is 32.2 Å². The van der Waals surface area contributed by atoms with E-state index in [-0.39, 0.29) is 0 Å². The Hall–Kier alpha value is -0.0400. The fraction of sp³-hybridized carbons (Fsp3) is 1.00. The Morgan fingerprint density at radius 2 is 1.29 bits per heavy atom. The van der Waals surface area contributed by atoms with Crippen LogP contribution in [0.3, 0.4) is 0 Å². The van der Waals surface area contributed by atoms with E-state index in [4.69, 9.17) is 0 Å². The molecule has 1 heteroatoms. The molecule has 0 aromatic carbocycles. The standard InChI is InChI=1S/C16H36N/c1-6-8-9-13-16(12-7-2)14-10-11-15-17(3,4)5/h16H,6-15H2,1-5H3/q+1. The predicted octanol–water partition coefficient (Wildman–Crippen LogP) is 4.86. The van der Waals surface area contributed by atoms with Gasteiger partial charge < -0.3 is 4.48 Å². The molecule has 0 bridgehead atoms. The van der Waals surface area contributed by atoms with Crippen molar-refractivity contribution in [3.05, 3.63) is 0 Å². The third-order valence-corrected chi connectivity index (χ3v) is 3.60. The van der Waals surface area contributed by atoms with Gasteiger partial charge in [0, 0.05) is 0 Å². The summed E-state index contributed by atoms with van der Waals surface area (Å²) in [7, 11) is 6.89. The Morgan fingerprint density at radius 3 is 1.76 bits per heavy atom. The van der Waals surface area contributed by atoms with E-state index in [0.29, 0.717) is 0 Å². The van der Waals surface area contributed by atoms with Crippen molar-refractivity contribution in [2.24, 2.45) is 5.92 Å². The Morgan fingerprint density at radius 1 is 0.706 bits per heavy atom. The molecule has 0 N–H and O–H groups in total. The van der Waals surface area contributed by atoms with Crippen LogP contribution in [0.5, 0.6) is 0 Å². The van der Waals surface area contributed by atoms with Gasteiger partial charge in [-0.05, 0) is 18.8 Å². The molecule has 0 aliphatic heterocycles. The average Bonchev–Trinajstić information content (AvgIpc) is 2.23. The predicted molar refractivity (Wildman–Crippen MR) is 79.3 cm³/mol. The largest absolute Gasteiger partial charge is 0.331 e. The maximum Gasteiger partial charge on any atom is 0.0780 e. The van der Waals surface area contributed by atoms with Crippen LogP contribution in [0.15, 0.2) is 0 Å². The van der Waals surface area contributed by atoms with Gasteiger partial charge in [-0.15, -0.1) is 0 Å². The summed E-state index contributed by atoms with van der Waals surface area (Å²) in [5.41, 5.74) is 0. The highest BCUT2D eigenvalue weighted by molar-refractivity contribution is 4.59. The van der Waals surface area contributed by atoms with Crippen molar-refractivity contribution in [2.45, 2.75) is 71.6 Å². The second-order valence-electron chi connectivity index (χ2n) is 6.66. The van der Waals surface area contributed by atoms with Crippen molar-refractivity contribution in [1.82, 2.24) is 0 Å². The molecule has 0 fully saturated rings. The summed E-state index contributed by atoms with van der Waals surface area (Å²) >= 11 is 0. The first kappa shape index (κ1) is 17.0. The van der Waals surface area contributed by atoms with Crippen LogP contribution < -0.4 is 0 Å². The van der Waals surface area contributed by atoms with Crippen molar-refractivity contribution < 1.29 is 4.48 Å². The molecule has 17 heavy (non-hydrogen) atoms. The number of unbranched alkanes of at least 4 members (excludes halogenated alkanes) is 3. The van der Waals surface area contributed by atoms with Crippen LogP contribution in [0, 0.1) is 5.92 Å². The molecule has 1 atom stereocenters. The minimum atomic E-state index is 1.01. The van der Waals surface area contributed by atoms with Crippen molar-refractivity contribution in [3.63, 3.8) is 0 Å². The Kier molecular flexibility index (Phi) is 9.91. The fourth-order valence-electron chi connectivity index (χ4n) is 2.54. The minimum absolute atomic E-state index is 1.01. The van der Waals surface area contributed by atoms with Gasteiger partial charge in [-0.1, -0.05) is 58.8 Å². The molecule has 0 rings (SSSR count). The quantitative estimate of drug-likeness (QED) is 0.358. The molecule has 0 radical (unpaired) electrons. The molecule has 0 saturated carbocycles. The SMILES string of the molecule is CCCCCC(CCC)CCCC[N+](C)(C)C. The lowest BCUT2D eigenvalue weighted by atomic mass is 9.91. The van der Waals surface area contributed by atoms with E-state index in [0.717, 1.165) is 10.4 Å². The van der Waals surface area contributed by atoms with E-state index in [1.165, 1.54) is 64.3 Å². The highest BCUT2D eigenvalue weighted by atomic mass is 15.3. The summed E-state index contributed by atoms with van der Waals surface area (Å²) < 4.78 is 1.12. The van der Waals surface area contributed by atoms with Gasteiger partial charge in [0.25, 0.3) is 0 Å². The normalized spacial score (nSPS) is 13.9. The topological polar surface area (TPSA) is 0 Å². The maximum atomic E-state index is 2.33. The first-order valence-corrected chi connectivity index (χ1v) is 7.80. The maximum absolute atomic E-state index is 2.33. The first-order valence-electron chi connectivity index (χ1n) is 7.80. The smallest absolute Gasteiger partial charge is 0.0780 e. The molecule has 0 heterocycles. The first-order chi connectivity index (χ1) is 7.99. The van der Waals surface area contributed by atoms with E-state index >= 15 is 0 Å². The van der Waals surface area contributed by atoms with Gasteiger partial charge in [-0.25, -0.2) is 0 Å². The molecule has 0 aromatic rings. The Labute approximate surface area is 110 Å². The molecule has 0 saturated heterocycles. The molecular formula is C16H36N+. The van der Waals surface area contributed by atoms with Gasteiger partial charge in [-0.2, -0.15) is 0 Å². The summed E-state index contributed by atoms with van der Waals surface area (Å²) in [4.78, 5) is 0. The molecule has 104 valence electrons. The zero-order chi connectivity index (χ0) is 13.1. The van der Waals surface area contributed by atoms with Crippen molar-refractivity contribution in [3.8, 4) is 0 Å². The van der Waals surface area contributed by atoms with Gasteiger partial charge in [-0.3, -0.25) is 0 Å². The monoisotopic (exact) mass is 242 g/mol. The lowest BCUT2D eigenvalue weighted by Crippen LogP contribution is -2.35. The lowest BCUT2D eigenvalue weighted by molar-refractivity contribution is -0.870. The van der Waals surface area contributed by atoms with E-state index in [1.54, 1.807) is 0 Å². The zero-order valence-electron chi connectivity index (χ0n) is 13.1. The highest BCUT2D eigenvalue weighted by Crippen LogP contribution is 2.21. The summed E-state index contributed by atoms with van der Waals surface area (Å²) in [5.74, 6) is 1.01. The van der Waals surface area contributed by atoms with Crippen molar-refractivity contribution in [1.29, 1.82) is 0 Å². The number of hydrogen-bond donors (Lipinski definition) is 0. The average molecular weight is 242 g/mol. The molecule has 1 unspecified atom stereocenters. The minimum Gasteiger partial charge on any atom is -0.331 e. The van der Waals surface area contributed by atoms with Crippen LogP contribution in [0.1, 0.15) is 71.6 Å². The summed E-state index contributed by atoms with van der Waals surface area (Å²) in [6, 6.07) is 0. The second-order valence-corrected chi connectivity index (χ2v) is 6.66. The fourth-order valence-corrected chi connectivity index (χ4v) is 2.54. The third kappa shape index (κ3) is 12.2. The van der Waals surface area contributed by atoms with Crippen molar-refractivity contribution >= 4 is 0 Å². The summed E-state index contributed by atoms with van der Waals surface area (Å²) in [5, 5.41) is 0. The number of quaternary nitrogens is 1. The van der Waals surface area contributed by atoms with Crippen LogP contribution in [0.25, 0.3) is 0 Å². The lowest BCUT2D eigenvalue weighted by Gasteiger charge is -2.24. The van der Waals surface area contributed by atoms with Gasteiger partial charge in [0.2, 0.25) is 0 Å². The molecule has 0 aliphatic rings. The Balaban J connectivity index is 3.61. The highest BCUT2D eigenvalue weighted by Gasteiger charge is 2.10.